The molecular weight excluding hydrogens is 259 g/mol. The molecule has 0 bridgehead atoms. The third kappa shape index (κ3) is 4.19. The van der Waals surface area contributed by atoms with Crippen LogP contribution in [0.15, 0.2) is 24.3 Å². The van der Waals surface area contributed by atoms with Crippen LogP contribution in [-0.2, 0) is 0 Å². The summed E-state index contributed by atoms with van der Waals surface area (Å²) in [6.07, 6.45) is 1.98. The minimum Gasteiger partial charge on any atom is -0.349 e. The molecule has 1 fully saturated rings. The summed E-state index contributed by atoms with van der Waals surface area (Å²) in [6, 6.07) is 7.32. The van der Waals surface area contributed by atoms with Crippen LogP contribution >= 0.6 is 24.0 Å². The van der Waals surface area contributed by atoms with E-state index in [0.717, 1.165) is 25.9 Å². The first-order chi connectivity index (χ1) is 7.75. The third-order valence-corrected chi connectivity index (χ3v) is 3.00. The van der Waals surface area contributed by atoms with Crippen LogP contribution in [0.2, 0.25) is 5.02 Å². The van der Waals surface area contributed by atoms with Crippen molar-refractivity contribution in [2.75, 3.05) is 13.1 Å². The number of amides is 1. The monoisotopic (exact) mass is 274 g/mol. The van der Waals surface area contributed by atoms with Crippen molar-refractivity contribution < 1.29 is 4.79 Å². The number of carbonyl (C=O) groups is 1. The van der Waals surface area contributed by atoms with Crippen molar-refractivity contribution in [3.05, 3.63) is 34.9 Å². The zero-order chi connectivity index (χ0) is 11.4. The fourth-order valence-electron chi connectivity index (χ4n) is 1.86. The van der Waals surface area contributed by atoms with E-state index in [4.69, 9.17) is 11.6 Å². The first-order valence-corrected chi connectivity index (χ1v) is 5.90. The Bertz CT molecular complexity index is 379. The largest absolute Gasteiger partial charge is 0.349 e. The minimum absolute atomic E-state index is 0. The Kier molecular flexibility index (Phi) is 5.75. The lowest BCUT2D eigenvalue weighted by Crippen LogP contribution is -2.42. The highest BCUT2D eigenvalue weighted by Gasteiger charge is 2.16. The Morgan fingerprint density at radius 2 is 2.06 bits per heavy atom. The van der Waals surface area contributed by atoms with Gasteiger partial charge < -0.3 is 10.6 Å². The molecule has 1 amide bonds. The normalized spacial score (nSPS) is 16.1. The number of halogens is 2. The highest BCUT2D eigenvalue weighted by Crippen LogP contribution is 2.11. The van der Waals surface area contributed by atoms with Gasteiger partial charge in [-0.05, 0) is 44.1 Å². The molecule has 0 spiro atoms. The molecule has 1 aromatic carbocycles. The van der Waals surface area contributed by atoms with Gasteiger partial charge in [0.1, 0.15) is 0 Å². The molecule has 0 radical (unpaired) electrons. The van der Waals surface area contributed by atoms with E-state index in [1.54, 1.807) is 24.3 Å². The summed E-state index contributed by atoms with van der Waals surface area (Å²) < 4.78 is 0. The summed E-state index contributed by atoms with van der Waals surface area (Å²) >= 11 is 5.84. The molecule has 0 atom stereocenters. The van der Waals surface area contributed by atoms with Gasteiger partial charge >= 0.3 is 0 Å². The molecule has 1 saturated heterocycles. The van der Waals surface area contributed by atoms with Crippen LogP contribution < -0.4 is 10.6 Å². The van der Waals surface area contributed by atoms with E-state index in [0.29, 0.717) is 10.6 Å². The molecule has 94 valence electrons. The highest BCUT2D eigenvalue weighted by molar-refractivity contribution is 6.30. The van der Waals surface area contributed by atoms with Gasteiger partial charge in [0, 0.05) is 16.6 Å². The maximum atomic E-state index is 11.9. The summed E-state index contributed by atoms with van der Waals surface area (Å²) in [7, 11) is 0. The van der Waals surface area contributed by atoms with Crippen molar-refractivity contribution in [2.45, 2.75) is 18.9 Å². The van der Waals surface area contributed by atoms with Crippen molar-refractivity contribution >= 4 is 29.9 Å². The number of benzene rings is 1. The number of piperidine rings is 1. The molecule has 0 aromatic heterocycles. The summed E-state index contributed by atoms with van der Waals surface area (Å²) in [5.74, 6) is -0.0330. The number of hydrogen-bond acceptors (Lipinski definition) is 2. The molecule has 0 unspecified atom stereocenters. The predicted octanol–water partition coefficient (Wildman–Crippen LogP) is 2.24. The van der Waals surface area contributed by atoms with Crippen molar-refractivity contribution in [2.24, 2.45) is 0 Å². The second-order valence-electron chi connectivity index (χ2n) is 4.01. The molecular formula is C12H16Cl2N2O. The standard InChI is InChI=1S/C12H15ClN2O.ClH/c13-10-3-1-2-9(8-10)12(16)15-11-4-6-14-7-5-11;/h1-3,8,11,14H,4-7H2,(H,15,16);1H. The van der Waals surface area contributed by atoms with E-state index in [1.807, 2.05) is 0 Å². The van der Waals surface area contributed by atoms with Gasteiger partial charge in [0.15, 0.2) is 0 Å². The van der Waals surface area contributed by atoms with Crippen molar-refractivity contribution in [3.8, 4) is 0 Å². The fourth-order valence-corrected chi connectivity index (χ4v) is 2.05. The molecule has 1 aromatic rings. The maximum absolute atomic E-state index is 11.9. The second-order valence-corrected chi connectivity index (χ2v) is 4.44. The summed E-state index contributed by atoms with van der Waals surface area (Å²) in [4.78, 5) is 11.9. The Morgan fingerprint density at radius 1 is 1.35 bits per heavy atom. The van der Waals surface area contributed by atoms with Crippen LogP contribution in [0.3, 0.4) is 0 Å². The fraction of sp³-hybridized carbons (Fsp3) is 0.417. The van der Waals surface area contributed by atoms with Crippen LogP contribution in [-0.4, -0.2) is 25.0 Å². The first-order valence-electron chi connectivity index (χ1n) is 5.53. The minimum atomic E-state index is -0.0330. The smallest absolute Gasteiger partial charge is 0.251 e. The van der Waals surface area contributed by atoms with Gasteiger partial charge in [0.2, 0.25) is 0 Å². The van der Waals surface area contributed by atoms with Gasteiger partial charge in [-0.15, -0.1) is 12.4 Å². The molecule has 3 nitrogen and oxygen atoms in total. The van der Waals surface area contributed by atoms with Gasteiger partial charge in [-0.1, -0.05) is 17.7 Å². The van der Waals surface area contributed by atoms with E-state index in [1.165, 1.54) is 0 Å². The van der Waals surface area contributed by atoms with Crippen LogP contribution in [0.5, 0.6) is 0 Å². The number of hydrogen-bond donors (Lipinski definition) is 2. The Balaban J connectivity index is 0.00000144. The quantitative estimate of drug-likeness (QED) is 0.869. The highest BCUT2D eigenvalue weighted by atomic mass is 35.5. The van der Waals surface area contributed by atoms with Gasteiger partial charge in [0.05, 0.1) is 0 Å². The number of rotatable bonds is 2. The van der Waals surface area contributed by atoms with E-state index in [2.05, 4.69) is 10.6 Å². The van der Waals surface area contributed by atoms with Gasteiger partial charge in [0.25, 0.3) is 5.91 Å². The van der Waals surface area contributed by atoms with Crippen LogP contribution in [0.4, 0.5) is 0 Å². The van der Waals surface area contributed by atoms with Gasteiger partial charge in [-0.2, -0.15) is 0 Å². The van der Waals surface area contributed by atoms with E-state index in [-0.39, 0.29) is 24.4 Å². The molecule has 1 aliphatic heterocycles. The van der Waals surface area contributed by atoms with Gasteiger partial charge in [-0.3, -0.25) is 4.79 Å². The third-order valence-electron chi connectivity index (χ3n) is 2.76. The molecule has 0 aliphatic carbocycles. The lowest BCUT2D eigenvalue weighted by Gasteiger charge is -2.23. The molecule has 1 heterocycles. The molecule has 2 rings (SSSR count). The summed E-state index contributed by atoms with van der Waals surface area (Å²) in [6.45, 7) is 1.95. The number of nitrogens with one attached hydrogen (secondary N) is 2. The molecule has 5 heteroatoms. The summed E-state index contributed by atoms with van der Waals surface area (Å²) in [5, 5.41) is 6.88. The SMILES string of the molecule is Cl.O=C(NC1CCNCC1)c1cccc(Cl)c1. The Labute approximate surface area is 112 Å². The van der Waals surface area contributed by atoms with Crippen molar-refractivity contribution in [1.82, 2.24) is 10.6 Å². The van der Waals surface area contributed by atoms with Crippen LogP contribution in [0.1, 0.15) is 23.2 Å². The Morgan fingerprint density at radius 3 is 2.71 bits per heavy atom. The second kappa shape index (κ2) is 6.84. The average molecular weight is 275 g/mol. The van der Waals surface area contributed by atoms with Crippen LogP contribution in [0.25, 0.3) is 0 Å². The average Bonchev–Trinajstić information content (AvgIpc) is 2.30. The molecule has 1 aliphatic rings. The van der Waals surface area contributed by atoms with E-state index in [9.17, 15) is 4.79 Å². The van der Waals surface area contributed by atoms with Gasteiger partial charge in [-0.25, -0.2) is 0 Å². The van der Waals surface area contributed by atoms with Crippen molar-refractivity contribution in [3.63, 3.8) is 0 Å². The first kappa shape index (κ1) is 14.3. The molecule has 17 heavy (non-hydrogen) atoms. The maximum Gasteiger partial charge on any atom is 0.251 e. The molecule has 2 N–H and O–H groups in total. The zero-order valence-electron chi connectivity index (χ0n) is 9.41. The lowest BCUT2D eigenvalue weighted by atomic mass is 10.1. The van der Waals surface area contributed by atoms with E-state index < -0.39 is 0 Å². The Hall–Kier alpha value is -0.770. The zero-order valence-corrected chi connectivity index (χ0v) is 11.0. The topological polar surface area (TPSA) is 41.1 Å². The number of carbonyl (C=O) groups excluding carboxylic acids is 1. The summed E-state index contributed by atoms with van der Waals surface area (Å²) in [5.41, 5.74) is 0.631. The predicted molar refractivity (Wildman–Crippen MR) is 72.1 cm³/mol. The molecule has 0 saturated carbocycles. The van der Waals surface area contributed by atoms with Crippen molar-refractivity contribution in [1.29, 1.82) is 0 Å². The van der Waals surface area contributed by atoms with Crippen LogP contribution in [0, 0.1) is 0 Å². The lowest BCUT2D eigenvalue weighted by molar-refractivity contribution is 0.0929. The van der Waals surface area contributed by atoms with E-state index >= 15 is 0 Å².